The minimum Gasteiger partial charge on any atom is -0.349 e. The van der Waals surface area contributed by atoms with Gasteiger partial charge in [-0.1, -0.05) is 25.2 Å². The first kappa shape index (κ1) is 14.7. The Morgan fingerprint density at radius 1 is 1.40 bits per heavy atom. The fourth-order valence-electron chi connectivity index (χ4n) is 3.31. The van der Waals surface area contributed by atoms with Crippen molar-refractivity contribution in [3.8, 4) is 0 Å². The van der Waals surface area contributed by atoms with Crippen LogP contribution >= 0.6 is 0 Å². The first-order valence-electron chi connectivity index (χ1n) is 7.10. The van der Waals surface area contributed by atoms with Crippen molar-refractivity contribution >= 4 is 17.4 Å². The number of ketones is 1. The van der Waals surface area contributed by atoms with Gasteiger partial charge >= 0.3 is 0 Å². The summed E-state index contributed by atoms with van der Waals surface area (Å²) in [6.45, 7) is 5.50. The van der Waals surface area contributed by atoms with E-state index in [0.717, 1.165) is 18.4 Å². The van der Waals surface area contributed by atoms with Crippen LogP contribution in [0.2, 0.25) is 0 Å². The topological polar surface area (TPSA) is 70.0 Å². The lowest BCUT2D eigenvalue weighted by Crippen LogP contribution is -2.33. The molecular formula is C16H22N2O2. The van der Waals surface area contributed by atoms with Crippen molar-refractivity contribution in [3.63, 3.8) is 0 Å². The van der Waals surface area contributed by atoms with Crippen molar-refractivity contribution in [2.75, 3.05) is 0 Å². The summed E-state index contributed by atoms with van der Waals surface area (Å²) in [5.74, 6) is 0.384. The van der Waals surface area contributed by atoms with Crippen molar-refractivity contribution in [1.82, 2.24) is 5.32 Å². The summed E-state index contributed by atoms with van der Waals surface area (Å²) < 4.78 is 0. The zero-order valence-electron chi connectivity index (χ0n) is 12.3. The fourth-order valence-corrected chi connectivity index (χ4v) is 3.31. The highest BCUT2D eigenvalue weighted by Gasteiger charge is 2.54. The molecule has 0 aromatic rings. The van der Waals surface area contributed by atoms with Gasteiger partial charge in [-0.15, -0.1) is 0 Å². The Hall–Kier alpha value is -1.71. The SMILES string of the molecule is CC(C)=N.CC12CCCC(=O)C3=CC=CC(NC1=O)C32. The Kier molecular flexibility index (Phi) is 3.93. The predicted octanol–water partition coefficient (Wildman–Crippen LogP) is 2.40. The molecular weight excluding hydrogens is 252 g/mol. The monoisotopic (exact) mass is 274 g/mol. The second-order valence-corrected chi connectivity index (χ2v) is 6.18. The van der Waals surface area contributed by atoms with E-state index in [1.54, 1.807) is 13.8 Å². The number of nitrogens with one attached hydrogen (secondary N) is 2. The van der Waals surface area contributed by atoms with Crippen molar-refractivity contribution < 1.29 is 9.59 Å². The van der Waals surface area contributed by atoms with Gasteiger partial charge in [0, 0.05) is 23.6 Å². The maximum atomic E-state index is 12.0. The zero-order valence-corrected chi connectivity index (χ0v) is 12.3. The number of Topliss-reactive ketones (excluding diaryl/α,β-unsaturated/α-hetero) is 1. The fraction of sp³-hybridized carbons (Fsp3) is 0.562. The number of hydrogen-bond acceptors (Lipinski definition) is 3. The Bertz CT molecular complexity index is 515. The summed E-state index contributed by atoms with van der Waals surface area (Å²) in [6, 6.07) is 0.0274. The Morgan fingerprint density at radius 2 is 2.05 bits per heavy atom. The van der Waals surface area contributed by atoms with Crippen LogP contribution in [0.5, 0.6) is 0 Å². The van der Waals surface area contributed by atoms with Gasteiger partial charge in [0.25, 0.3) is 0 Å². The standard InChI is InChI=1S/C13H15NO2.C3H7N/c1-13-7-3-6-10(15)8-4-2-5-9(11(8)13)14-12(13)16;1-3(2)4/h2,4-5,9,11H,3,6-7H2,1H3,(H,14,16);4H,1-2H3. The van der Waals surface area contributed by atoms with Crippen LogP contribution in [-0.2, 0) is 9.59 Å². The highest BCUT2D eigenvalue weighted by atomic mass is 16.2. The van der Waals surface area contributed by atoms with Gasteiger partial charge < -0.3 is 10.7 Å². The molecule has 0 radical (unpaired) electrons. The molecule has 1 saturated carbocycles. The molecule has 108 valence electrons. The Labute approximate surface area is 119 Å². The first-order valence-corrected chi connectivity index (χ1v) is 7.10. The highest BCUT2D eigenvalue weighted by Crippen LogP contribution is 2.48. The number of carbonyl (C=O) groups excluding carboxylic acids is 2. The summed E-state index contributed by atoms with van der Waals surface area (Å²) in [6.07, 6.45) is 8.01. The van der Waals surface area contributed by atoms with Gasteiger partial charge in [-0.25, -0.2) is 0 Å². The molecule has 0 aromatic heterocycles. The number of allylic oxidation sites excluding steroid dienone is 2. The van der Waals surface area contributed by atoms with E-state index in [1.807, 2.05) is 25.2 Å². The lowest BCUT2D eigenvalue weighted by Gasteiger charge is -2.30. The summed E-state index contributed by atoms with van der Waals surface area (Å²) >= 11 is 0. The van der Waals surface area contributed by atoms with Crippen LogP contribution in [0.4, 0.5) is 0 Å². The van der Waals surface area contributed by atoms with Crippen LogP contribution in [0, 0.1) is 16.7 Å². The molecule has 2 fully saturated rings. The second kappa shape index (κ2) is 5.35. The van der Waals surface area contributed by atoms with Crippen molar-refractivity contribution in [3.05, 3.63) is 23.8 Å². The van der Waals surface area contributed by atoms with Crippen molar-refractivity contribution in [1.29, 1.82) is 5.41 Å². The van der Waals surface area contributed by atoms with Crippen LogP contribution in [-0.4, -0.2) is 23.4 Å². The molecule has 2 aliphatic carbocycles. The normalized spacial score (nSPS) is 34.2. The molecule has 3 unspecified atom stereocenters. The Balaban J connectivity index is 0.000000328. The van der Waals surface area contributed by atoms with Crippen LogP contribution in [0.25, 0.3) is 0 Å². The third-order valence-electron chi connectivity index (χ3n) is 4.21. The molecule has 0 spiro atoms. The van der Waals surface area contributed by atoms with Crippen molar-refractivity contribution in [2.24, 2.45) is 11.3 Å². The van der Waals surface area contributed by atoms with E-state index in [4.69, 9.17) is 5.41 Å². The second-order valence-electron chi connectivity index (χ2n) is 6.18. The number of rotatable bonds is 0. The minimum absolute atomic E-state index is 0.0274. The van der Waals surface area contributed by atoms with Gasteiger partial charge in [-0.2, -0.15) is 0 Å². The molecule has 1 aliphatic heterocycles. The molecule has 3 rings (SSSR count). The third kappa shape index (κ3) is 2.47. The van der Waals surface area contributed by atoms with Crippen LogP contribution < -0.4 is 5.32 Å². The van der Waals surface area contributed by atoms with E-state index < -0.39 is 0 Å². The van der Waals surface area contributed by atoms with E-state index in [1.165, 1.54) is 0 Å². The molecule has 3 atom stereocenters. The summed E-state index contributed by atoms with van der Waals surface area (Å²) in [7, 11) is 0. The number of carbonyl (C=O) groups is 2. The average molecular weight is 274 g/mol. The third-order valence-corrected chi connectivity index (χ3v) is 4.21. The maximum absolute atomic E-state index is 12.0. The quantitative estimate of drug-likeness (QED) is 0.666. The maximum Gasteiger partial charge on any atom is 0.227 e. The largest absolute Gasteiger partial charge is 0.349 e. The van der Waals surface area contributed by atoms with Crippen LogP contribution in [0.1, 0.15) is 40.0 Å². The lowest BCUT2D eigenvalue weighted by molar-refractivity contribution is -0.128. The van der Waals surface area contributed by atoms with Gasteiger partial charge in [0.1, 0.15) is 0 Å². The molecule has 0 bridgehead atoms. The summed E-state index contributed by atoms with van der Waals surface area (Å²) in [4.78, 5) is 24.0. The van der Waals surface area contributed by atoms with Gasteiger partial charge in [0.2, 0.25) is 5.91 Å². The molecule has 0 aromatic carbocycles. The molecule has 2 N–H and O–H groups in total. The van der Waals surface area contributed by atoms with Crippen LogP contribution in [0.15, 0.2) is 23.8 Å². The van der Waals surface area contributed by atoms with E-state index in [-0.39, 0.29) is 29.1 Å². The summed E-state index contributed by atoms with van der Waals surface area (Å²) in [5.41, 5.74) is 1.14. The zero-order chi connectivity index (χ0) is 14.9. The molecule has 1 heterocycles. The minimum atomic E-state index is -0.382. The number of hydrogen-bond donors (Lipinski definition) is 2. The molecule has 1 saturated heterocycles. The molecule has 4 heteroatoms. The molecule has 4 nitrogen and oxygen atoms in total. The lowest BCUT2D eigenvalue weighted by atomic mass is 9.70. The molecule has 3 aliphatic rings. The average Bonchev–Trinajstić information content (AvgIpc) is 2.51. The smallest absolute Gasteiger partial charge is 0.227 e. The van der Waals surface area contributed by atoms with Crippen LogP contribution in [0.3, 0.4) is 0 Å². The Morgan fingerprint density at radius 3 is 2.70 bits per heavy atom. The predicted molar refractivity (Wildman–Crippen MR) is 78.7 cm³/mol. The number of amides is 1. The van der Waals surface area contributed by atoms with E-state index in [0.29, 0.717) is 12.1 Å². The van der Waals surface area contributed by atoms with Crippen molar-refractivity contribution in [2.45, 2.75) is 46.1 Å². The van der Waals surface area contributed by atoms with Gasteiger partial charge in [-0.3, -0.25) is 9.59 Å². The summed E-state index contributed by atoms with van der Waals surface area (Å²) in [5, 5.41) is 9.50. The van der Waals surface area contributed by atoms with Gasteiger partial charge in [-0.05, 0) is 26.7 Å². The molecule has 1 amide bonds. The van der Waals surface area contributed by atoms with Gasteiger partial charge in [0.15, 0.2) is 5.78 Å². The highest BCUT2D eigenvalue weighted by molar-refractivity contribution is 6.00. The van der Waals surface area contributed by atoms with E-state index in [2.05, 4.69) is 5.32 Å². The van der Waals surface area contributed by atoms with E-state index in [9.17, 15) is 9.59 Å². The first-order chi connectivity index (χ1) is 9.36. The van der Waals surface area contributed by atoms with E-state index >= 15 is 0 Å². The molecule has 20 heavy (non-hydrogen) atoms. The van der Waals surface area contributed by atoms with Gasteiger partial charge in [0.05, 0.1) is 11.5 Å².